The van der Waals surface area contributed by atoms with Crippen molar-refractivity contribution >= 4 is 23.4 Å². The van der Waals surface area contributed by atoms with Crippen LogP contribution in [-0.4, -0.2) is 27.6 Å². The Labute approximate surface area is 142 Å². The Morgan fingerprint density at radius 2 is 1.64 bits per heavy atom. The fraction of sp³-hybridized carbons (Fsp3) is 0.250. The highest BCUT2D eigenvalue weighted by Gasteiger charge is 2.17. The maximum absolute atomic E-state index is 12.3. The maximum Gasteiger partial charge on any atom is 0.338 e. The topological polar surface area (TPSA) is 125 Å². The van der Waals surface area contributed by atoms with Crippen molar-refractivity contribution in [2.24, 2.45) is 14.1 Å². The number of anilines is 2. The zero-order valence-electron chi connectivity index (χ0n) is 14.0. The van der Waals surface area contributed by atoms with E-state index < -0.39 is 23.1 Å². The first-order valence-corrected chi connectivity index (χ1v) is 7.42. The van der Waals surface area contributed by atoms with Crippen molar-refractivity contribution in [3.05, 3.63) is 56.2 Å². The number of nitrogens with two attached hydrogens (primary N) is 1. The van der Waals surface area contributed by atoms with Crippen molar-refractivity contribution in [3.8, 4) is 0 Å². The Morgan fingerprint density at radius 1 is 1.08 bits per heavy atom. The summed E-state index contributed by atoms with van der Waals surface area (Å²) in [4.78, 5) is 47.8. The molecule has 2 rings (SSSR count). The molecule has 9 heteroatoms. The molecule has 0 bridgehead atoms. The summed E-state index contributed by atoms with van der Waals surface area (Å²) in [6, 6.07) is 5.72. The lowest BCUT2D eigenvalue weighted by Crippen LogP contribution is -2.40. The number of nitrogens with zero attached hydrogens (tertiary/aromatic N) is 2. The van der Waals surface area contributed by atoms with Crippen LogP contribution in [0.4, 0.5) is 11.5 Å². The molecule has 132 valence electrons. The third kappa shape index (κ3) is 3.44. The van der Waals surface area contributed by atoms with Crippen molar-refractivity contribution in [2.75, 3.05) is 17.7 Å². The van der Waals surface area contributed by atoms with Crippen LogP contribution < -0.4 is 22.3 Å². The van der Waals surface area contributed by atoms with Crippen LogP contribution in [0.1, 0.15) is 27.6 Å². The second kappa shape index (κ2) is 7.04. The molecule has 0 saturated carbocycles. The number of benzene rings is 1. The zero-order chi connectivity index (χ0) is 18.7. The number of amides is 1. The van der Waals surface area contributed by atoms with E-state index in [1.165, 1.54) is 38.4 Å². The Balaban J connectivity index is 2.31. The fourth-order valence-electron chi connectivity index (χ4n) is 2.14. The van der Waals surface area contributed by atoms with Crippen LogP contribution in [0.25, 0.3) is 0 Å². The van der Waals surface area contributed by atoms with Gasteiger partial charge in [-0.25, -0.2) is 9.59 Å². The van der Waals surface area contributed by atoms with Crippen LogP contribution in [0.3, 0.4) is 0 Å². The van der Waals surface area contributed by atoms with Gasteiger partial charge in [-0.05, 0) is 31.2 Å². The molecule has 0 radical (unpaired) electrons. The van der Waals surface area contributed by atoms with Crippen molar-refractivity contribution < 1.29 is 14.3 Å². The minimum Gasteiger partial charge on any atom is -0.462 e. The van der Waals surface area contributed by atoms with Gasteiger partial charge in [0.15, 0.2) is 0 Å². The molecule has 0 unspecified atom stereocenters. The number of hydrogen-bond acceptors (Lipinski definition) is 6. The summed E-state index contributed by atoms with van der Waals surface area (Å²) in [5, 5.41) is 2.40. The van der Waals surface area contributed by atoms with Gasteiger partial charge in [0.1, 0.15) is 11.5 Å². The zero-order valence-corrected chi connectivity index (χ0v) is 14.0. The molecule has 0 saturated heterocycles. The third-order valence-corrected chi connectivity index (χ3v) is 3.61. The van der Waals surface area contributed by atoms with Crippen LogP contribution in [-0.2, 0) is 18.8 Å². The van der Waals surface area contributed by atoms with Crippen LogP contribution in [0.5, 0.6) is 0 Å². The minimum atomic E-state index is -0.711. The monoisotopic (exact) mass is 346 g/mol. The molecule has 0 aliphatic carbocycles. The maximum atomic E-state index is 12.3. The molecule has 0 aliphatic heterocycles. The first kappa shape index (κ1) is 18.0. The molecule has 1 aromatic heterocycles. The SMILES string of the molecule is CCOC(=O)c1ccc(C(=O)Nc2c(N)n(C)c(=O)n(C)c2=O)cc1. The third-order valence-electron chi connectivity index (χ3n) is 3.61. The molecule has 0 atom stereocenters. The van der Waals surface area contributed by atoms with Gasteiger partial charge in [0, 0.05) is 19.7 Å². The van der Waals surface area contributed by atoms with E-state index in [0.717, 1.165) is 9.13 Å². The second-order valence-electron chi connectivity index (χ2n) is 5.22. The van der Waals surface area contributed by atoms with E-state index in [2.05, 4.69) is 5.32 Å². The lowest BCUT2D eigenvalue weighted by molar-refractivity contribution is 0.0526. The summed E-state index contributed by atoms with van der Waals surface area (Å²) >= 11 is 0. The Morgan fingerprint density at radius 3 is 2.20 bits per heavy atom. The normalized spacial score (nSPS) is 10.4. The number of nitrogens with one attached hydrogen (secondary N) is 1. The average Bonchev–Trinajstić information content (AvgIpc) is 2.62. The number of rotatable bonds is 4. The van der Waals surface area contributed by atoms with Crippen LogP contribution in [0.15, 0.2) is 33.9 Å². The van der Waals surface area contributed by atoms with Crippen LogP contribution >= 0.6 is 0 Å². The highest BCUT2D eigenvalue weighted by atomic mass is 16.5. The number of aromatic nitrogens is 2. The number of ether oxygens (including phenoxy) is 1. The van der Waals surface area contributed by atoms with Gasteiger partial charge in [0.25, 0.3) is 11.5 Å². The summed E-state index contributed by atoms with van der Waals surface area (Å²) in [6.45, 7) is 1.94. The van der Waals surface area contributed by atoms with Gasteiger partial charge < -0.3 is 15.8 Å². The van der Waals surface area contributed by atoms with E-state index >= 15 is 0 Å². The Bertz CT molecular complexity index is 941. The van der Waals surface area contributed by atoms with Crippen molar-refractivity contribution in [2.45, 2.75) is 6.92 Å². The minimum absolute atomic E-state index is 0.149. The number of hydrogen-bond donors (Lipinski definition) is 2. The molecular weight excluding hydrogens is 328 g/mol. The first-order chi connectivity index (χ1) is 11.8. The van der Waals surface area contributed by atoms with Gasteiger partial charge >= 0.3 is 11.7 Å². The highest BCUT2D eigenvalue weighted by Crippen LogP contribution is 2.12. The van der Waals surface area contributed by atoms with Crippen molar-refractivity contribution in [3.63, 3.8) is 0 Å². The van der Waals surface area contributed by atoms with Gasteiger partial charge in [-0.1, -0.05) is 0 Å². The Hall–Kier alpha value is -3.36. The van der Waals surface area contributed by atoms with Gasteiger partial charge in [0.2, 0.25) is 0 Å². The quantitative estimate of drug-likeness (QED) is 0.756. The molecular formula is C16H18N4O5. The Kier molecular flexibility index (Phi) is 5.06. The lowest BCUT2D eigenvalue weighted by Gasteiger charge is -2.12. The predicted molar refractivity (Wildman–Crippen MR) is 91.7 cm³/mol. The summed E-state index contributed by atoms with van der Waals surface area (Å²) in [6.07, 6.45) is 0. The fourth-order valence-corrected chi connectivity index (χ4v) is 2.14. The van der Waals surface area contributed by atoms with E-state index in [1.807, 2.05) is 0 Å². The average molecular weight is 346 g/mol. The standard InChI is InChI=1S/C16H18N4O5/c1-4-25-15(23)10-7-5-9(6-8-10)13(21)18-11-12(17)19(2)16(24)20(3)14(11)22/h5-8H,4,17H2,1-3H3,(H,18,21). The molecule has 1 amide bonds. The van der Waals surface area contributed by atoms with E-state index in [9.17, 15) is 19.2 Å². The largest absolute Gasteiger partial charge is 0.462 e. The molecule has 0 spiro atoms. The summed E-state index contributed by atoms with van der Waals surface area (Å²) in [5.74, 6) is -1.24. The molecule has 3 N–H and O–H groups in total. The first-order valence-electron chi connectivity index (χ1n) is 7.42. The van der Waals surface area contributed by atoms with Gasteiger partial charge in [0.05, 0.1) is 12.2 Å². The molecule has 1 heterocycles. The van der Waals surface area contributed by atoms with E-state index in [4.69, 9.17) is 10.5 Å². The van der Waals surface area contributed by atoms with Gasteiger partial charge in [-0.15, -0.1) is 0 Å². The van der Waals surface area contributed by atoms with E-state index in [1.54, 1.807) is 6.92 Å². The van der Waals surface area contributed by atoms with Crippen molar-refractivity contribution in [1.29, 1.82) is 0 Å². The smallest absolute Gasteiger partial charge is 0.338 e. The van der Waals surface area contributed by atoms with Crippen molar-refractivity contribution in [1.82, 2.24) is 9.13 Å². The number of esters is 1. The second-order valence-corrected chi connectivity index (χ2v) is 5.22. The molecule has 0 fully saturated rings. The van der Waals surface area contributed by atoms with Crippen LogP contribution in [0, 0.1) is 0 Å². The highest BCUT2D eigenvalue weighted by molar-refractivity contribution is 6.05. The summed E-state index contributed by atoms with van der Waals surface area (Å²) in [7, 11) is 2.68. The van der Waals surface area contributed by atoms with Gasteiger partial charge in [-0.3, -0.25) is 18.7 Å². The molecule has 1 aromatic carbocycles. The molecule has 0 aliphatic rings. The summed E-state index contributed by atoms with van der Waals surface area (Å²) < 4.78 is 6.76. The summed E-state index contributed by atoms with van der Waals surface area (Å²) in [5.41, 5.74) is 4.76. The van der Waals surface area contributed by atoms with Crippen LogP contribution in [0.2, 0.25) is 0 Å². The predicted octanol–water partition coefficient (Wildman–Crippen LogP) is 0.0952. The molecule has 2 aromatic rings. The lowest BCUT2D eigenvalue weighted by atomic mass is 10.1. The molecule has 9 nitrogen and oxygen atoms in total. The van der Waals surface area contributed by atoms with E-state index in [0.29, 0.717) is 5.56 Å². The number of nitrogen functional groups attached to an aromatic ring is 1. The van der Waals surface area contributed by atoms with Gasteiger partial charge in [-0.2, -0.15) is 0 Å². The number of carbonyl (C=O) groups is 2. The molecule has 25 heavy (non-hydrogen) atoms. The van der Waals surface area contributed by atoms with E-state index in [-0.39, 0.29) is 23.7 Å². The number of carbonyl (C=O) groups excluding carboxylic acids is 2.